The van der Waals surface area contributed by atoms with Crippen LogP contribution in [0.3, 0.4) is 0 Å². The zero-order valence-electron chi connectivity index (χ0n) is 36.4. The highest BCUT2D eigenvalue weighted by molar-refractivity contribution is 6.25. The van der Waals surface area contributed by atoms with E-state index in [0.717, 1.165) is 115 Å². The molecule has 15 heteroatoms. The van der Waals surface area contributed by atoms with Crippen molar-refractivity contribution in [2.24, 2.45) is 7.05 Å². The maximum Gasteiger partial charge on any atom is 0.264 e. The summed E-state index contributed by atoms with van der Waals surface area (Å²) in [4.78, 5) is 76.0. The molecule has 1 atom stereocenters. The van der Waals surface area contributed by atoms with E-state index in [4.69, 9.17) is 10.1 Å². The Hall–Kier alpha value is -6.64. The first-order valence-electron chi connectivity index (χ1n) is 22.3. The van der Waals surface area contributed by atoms with Crippen LogP contribution in [0.25, 0.3) is 11.0 Å². The van der Waals surface area contributed by atoms with E-state index in [9.17, 15) is 24.0 Å². The maximum atomic E-state index is 13.3. The van der Waals surface area contributed by atoms with Crippen LogP contribution in [0.4, 0.5) is 28.8 Å². The van der Waals surface area contributed by atoms with E-state index < -0.39 is 29.7 Å². The number of carbonyl (C=O) groups is 5. The molecule has 1 unspecified atom stereocenters. The van der Waals surface area contributed by atoms with Crippen molar-refractivity contribution in [2.75, 3.05) is 29.0 Å². The van der Waals surface area contributed by atoms with E-state index in [1.807, 2.05) is 24.1 Å². The summed E-state index contributed by atoms with van der Waals surface area (Å²) in [6, 6.07) is 16.6. The number of unbranched alkanes of at least 4 members (excludes halogenated alkanes) is 8. The van der Waals surface area contributed by atoms with Crippen molar-refractivity contribution in [3.05, 3.63) is 94.2 Å². The minimum atomic E-state index is -0.977. The van der Waals surface area contributed by atoms with Gasteiger partial charge in [-0.05, 0) is 86.1 Å². The quantitative estimate of drug-likeness (QED) is 0.0499. The van der Waals surface area contributed by atoms with Gasteiger partial charge in [-0.1, -0.05) is 75.3 Å². The van der Waals surface area contributed by atoms with Gasteiger partial charge < -0.3 is 20.9 Å². The van der Waals surface area contributed by atoms with Gasteiger partial charge in [0.05, 0.1) is 16.5 Å². The fourth-order valence-corrected chi connectivity index (χ4v) is 8.98. The number of aromatic nitrogens is 4. The second-order valence-electron chi connectivity index (χ2n) is 17.0. The molecule has 0 aliphatic carbocycles. The standard InChI is InChI=1S/C48H56N10O5/c1-30-15-13-16-31(2)42(30)53-43-36-28-50-48(54-44(36)56(3)55-43)51-34-21-20-32-24-26-57(29-33(32)27-34)40(60)19-11-9-7-5-4-6-8-10-12-25-49-37-18-14-17-35-41(37)47(63)58(46(35)62)38-22-23-39(59)52-45(38)61/h13-18,20-21,27-28,38,49H,4-12,19,22-26,29H2,1-3H3,(H,53,55)(H,50,51,54)(H,52,59,61). The summed E-state index contributed by atoms with van der Waals surface area (Å²) in [5.41, 5.74) is 8.48. The number of piperidine rings is 1. The van der Waals surface area contributed by atoms with Crippen molar-refractivity contribution in [3.8, 4) is 0 Å². The van der Waals surface area contributed by atoms with Crippen LogP contribution in [0.15, 0.2) is 60.8 Å². The molecule has 328 valence electrons. The fraction of sp³-hybridized carbons (Fsp3) is 0.417. The summed E-state index contributed by atoms with van der Waals surface area (Å²) < 4.78 is 1.76. The first kappa shape index (κ1) is 43.0. The number of imide groups is 2. The molecule has 0 bridgehead atoms. The molecule has 1 saturated heterocycles. The number of amides is 5. The number of para-hydroxylation sites is 1. The second-order valence-corrected chi connectivity index (χ2v) is 17.0. The molecule has 1 fully saturated rings. The van der Waals surface area contributed by atoms with Gasteiger partial charge in [-0.25, -0.2) is 9.67 Å². The average molecular weight is 853 g/mol. The Kier molecular flexibility index (Phi) is 13.1. The molecule has 5 heterocycles. The largest absolute Gasteiger partial charge is 0.384 e. The van der Waals surface area contributed by atoms with E-state index >= 15 is 0 Å². The fourth-order valence-electron chi connectivity index (χ4n) is 8.98. The van der Waals surface area contributed by atoms with E-state index in [0.29, 0.717) is 42.5 Å². The molecule has 3 aromatic carbocycles. The Balaban J connectivity index is 0.711. The van der Waals surface area contributed by atoms with Gasteiger partial charge in [-0.15, -0.1) is 0 Å². The lowest BCUT2D eigenvalue weighted by atomic mass is 9.98. The van der Waals surface area contributed by atoms with Crippen LogP contribution in [-0.2, 0) is 34.4 Å². The molecule has 8 rings (SSSR count). The SMILES string of the molecule is Cc1cccc(C)c1Nc1nn(C)c2nc(Nc3ccc4c(c3)CN(C(=O)CCCCCCCCCCCNc3cccc5c3C(=O)N(C3CCC(=O)NC3=O)C5=O)CC4)ncc12. The summed E-state index contributed by atoms with van der Waals surface area (Å²) in [5, 5.41) is 17.9. The predicted molar refractivity (Wildman–Crippen MR) is 242 cm³/mol. The number of nitrogens with zero attached hydrogens (tertiary/aromatic N) is 6. The topological polar surface area (TPSA) is 184 Å². The van der Waals surface area contributed by atoms with Gasteiger partial charge in [0.15, 0.2) is 11.5 Å². The Morgan fingerprint density at radius 1 is 0.825 bits per heavy atom. The van der Waals surface area contributed by atoms with Gasteiger partial charge in [0, 0.05) is 62.8 Å². The lowest BCUT2D eigenvalue weighted by Crippen LogP contribution is -2.54. The zero-order valence-corrected chi connectivity index (χ0v) is 36.4. The van der Waals surface area contributed by atoms with Crippen LogP contribution < -0.4 is 21.3 Å². The highest BCUT2D eigenvalue weighted by Crippen LogP contribution is 2.33. The van der Waals surface area contributed by atoms with Gasteiger partial charge in [-0.2, -0.15) is 10.1 Å². The average Bonchev–Trinajstić information content (AvgIpc) is 3.72. The van der Waals surface area contributed by atoms with Crippen molar-refractivity contribution < 1.29 is 24.0 Å². The summed E-state index contributed by atoms with van der Waals surface area (Å²) >= 11 is 0. The van der Waals surface area contributed by atoms with Crippen LogP contribution in [-0.4, -0.2) is 78.2 Å². The molecule has 3 aliphatic rings. The number of hydrogen-bond acceptors (Lipinski definition) is 11. The van der Waals surface area contributed by atoms with Crippen LogP contribution in [0, 0.1) is 13.8 Å². The Labute approximate surface area is 367 Å². The van der Waals surface area contributed by atoms with Gasteiger partial charge in [0.2, 0.25) is 23.7 Å². The van der Waals surface area contributed by atoms with Crippen LogP contribution in [0.2, 0.25) is 0 Å². The minimum Gasteiger partial charge on any atom is -0.384 e. The third kappa shape index (κ3) is 9.57. The van der Waals surface area contributed by atoms with E-state index in [1.165, 1.54) is 5.56 Å². The van der Waals surface area contributed by atoms with Crippen molar-refractivity contribution in [1.82, 2.24) is 34.9 Å². The molecule has 4 N–H and O–H groups in total. The number of benzene rings is 3. The Bertz CT molecular complexity index is 2550. The third-order valence-corrected chi connectivity index (χ3v) is 12.5. The molecule has 5 aromatic rings. The molecule has 3 aliphatic heterocycles. The second kappa shape index (κ2) is 19.2. The minimum absolute atomic E-state index is 0.0899. The number of nitrogens with one attached hydrogen (secondary N) is 4. The lowest BCUT2D eigenvalue weighted by molar-refractivity contribution is -0.136. The van der Waals surface area contributed by atoms with Gasteiger partial charge in [-0.3, -0.25) is 34.2 Å². The number of aryl methyl sites for hydroxylation is 3. The molecule has 0 saturated carbocycles. The number of fused-ring (bicyclic) bond motifs is 3. The van der Waals surface area contributed by atoms with Crippen molar-refractivity contribution in [2.45, 2.75) is 110 Å². The number of anilines is 5. The smallest absolute Gasteiger partial charge is 0.264 e. The molecular weight excluding hydrogens is 797 g/mol. The summed E-state index contributed by atoms with van der Waals surface area (Å²) in [5.74, 6) is -0.594. The highest BCUT2D eigenvalue weighted by Gasteiger charge is 2.45. The molecule has 15 nitrogen and oxygen atoms in total. The molecule has 0 radical (unpaired) electrons. The molecular formula is C48H56N10O5. The van der Waals surface area contributed by atoms with Crippen LogP contribution in [0.1, 0.15) is 120 Å². The van der Waals surface area contributed by atoms with Gasteiger partial charge in [0.25, 0.3) is 11.8 Å². The molecule has 2 aromatic heterocycles. The highest BCUT2D eigenvalue weighted by atomic mass is 16.2. The van der Waals surface area contributed by atoms with Crippen LogP contribution >= 0.6 is 0 Å². The van der Waals surface area contributed by atoms with Gasteiger partial charge >= 0.3 is 0 Å². The first-order valence-corrected chi connectivity index (χ1v) is 22.3. The number of hydrogen-bond donors (Lipinski definition) is 4. The van der Waals surface area contributed by atoms with Crippen molar-refractivity contribution in [3.63, 3.8) is 0 Å². The summed E-state index contributed by atoms with van der Waals surface area (Å²) in [6.45, 7) is 6.15. The van der Waals surface area contributed by atoms with E-state index in [1.54, 1.807) is 29.1 Å². The number of carbonyl (C=O) groups excluding carboxylic acids is 5. The van der Waals surface area contributed by atoms with Gasteiger partial charge in [0.1, 0.15) is 6.04 Å². The summed E-state index contributed by atoms with van der Waals surface area (Å²) in [6.07, 6.45) is 13.0. The maximum absolute atomic E-state index is 13.3. The number of rotatable bonds is 18. The normalized spacial score (nSPS) is 16.0. The molecule has 63 heavy (non-hydrogen) atoms. The predicted octanol–water partition coefficient (Wildman–Crippen LogP) is 7.77. The Morgan fingerprint density at radius 3 is 2.32 bits per heavy atom. The zero-order chi connectivity index (χ0) is 44.0. The first-order chi connectivity index (χ1) is 30.5. The van der Waals surface area contributed by atoms with Crippen LogP contribution in [0.5, 0.6) is 0 Å². The third-order valence-electron chi connectivity index (χ3n) is 12.5. The van der Waals surface area contributed by atoms with E-state index in [-0.39, 0.29) is 24.3 Å². The summed E-state index contributed by atoms with van der Waals surface area (Å²) in [7, 11) is 1.88. The Morgan fingerprint density at radius 2 is 1.56 bits per heavy atom. The molecule has 0 spiro atoms. The lowest BCUT2D eigenvalue weighted by Gasteiger charge is -2.29. The van der Waals surface area contributed by atoms with Crippen molar-refractivity contribution in [1.29, 1.82) is 0 Å². The van der Waals surface area contributed by atoms with Crippen molar-refractivity contribution >= 4 is 69.4 Å². The monoisotopic (exact) mass is 852 g/mol. The molecule has 5 amide bonds. The van der Waals surface area contributed by atoms with E-state index in [2.05, 4.69) is 64.4 Å².